The van der Waals surface area contributed by atoms with Crippen molar-refractivity contribution in [1.29, 1.82) is 0 Å². The van der Waals surface area contributed by atoms with Crippen LogP contribution < -0.4 is 0 Å². The number of hydrogen-bond donors (Lipinski definition) is 0. The number of rotatable bonds is 3. The number of benzene rings is 1. The molecule has 0 nitrogen and oxygen atoms in total. The normalized spacial score (nSPS) is 22.9. The Bertz CT molecular complexity index is 379. The molecule has 0 saturated heterocycles. The van der Waals surface area contributed by atoms with Gasteiger partial charge >= 0.3 is 101 Å². The van der Waals surface area contributed by atoms with Crippen LogP contribution in [0, 0.1) is 0 Å². The summed E-state index contributed by atoms with van der Waals surface area (Å²) in [5.74, 6) is 0. The molecule has 2 rings (SSSR count). The van der Waals surface area contributed by atoms with E-state index >= 15 is 0 Å². The Morgan fingerprint density at radius 1 is 1.20 bits per heavy atom. The van der Waals surface area contributed by atoms with Crippen LogP contribution in [0.25, 0.3) is 6.08 Å². The van der Waals surface area contributed by atoms with Crippen molar-refractivity contribution in [2.75, 3.05) is 0 Å². The van der Waals surface area contributed by atoms with Crippen LogP contribution in [-0.2, 0) is 24.6 Å². The third-order valence-corrected chi connectivity index (χ3v) is 12.4. The average Bonchev–Trinajstić information content (AvgIpc) is 2.60. The third kappa shape index (κ3) is 1.80. The van der Waals surface area contributed by atoms with E-state index < -0.39 is 21.4 Å². The second kappa shape index (κ2) is 4.37. The number of hydrogen-bond acceptors (Lipinski definition) is 0. The van der Waals surface area contributed by atoms with Gasteiger partial charge in [0.05, 0.1) is 0 Å². The van der Waals surface area contributed by atoms with Crippen molar-refractivity contribution in [3.05, 3.63) is 41.5 Å². The molecule has 0 bridgehead atoms. The van der Waals surface area contributed by atoms with Gasteiger partial charge in [-0.25, -0.2) is 0 Å². The molecule has 15 heavy (non-hydrogen) atoms. The second-order valence-corrected chi connectivity index (χ2v) is 15.0. The topological polar surface area (TPSA) is 0 Å². The molecule has 1 aromatic rings. The van der Waals surface area contributed by atoms with E-state index in [0.717, 1.165) is 0 Å². The van der Waals surface area contributed by atoms with Gasteiger partial charge in [0.1, 0.15) is 0 Å². The van der Waals surface area contributed by atoms with Crippen LogP contribution in [0.4, 0.5) is 0 Å². The second-order valence-electron chi connectivity index (χ2n) is 4.64. The predicted molar refractivity (Wildman–Crippen MR) is 63.8 cm³/mol. The van der Waals surface area contributed by atoms with E-state index in [2.05, 4.69) is 52.7 Å². The number of fused-ring (bicyclic) bond motifs is 1. The van der Waals surface area contributed by atoms with E-state index in [9.17, 15) is 0 Å². The van der Waals surface area contributed by atoms with Crippen molar-refractivity contribution in [3.8, 4) is 0 Å². The first-order valence-corrected chi connectivity index (χ1v) is 14.8. The van der Waals surface area contributed by atoms with Gasteiger partial charge in [0, 0.05) is 0 Å². The summed E-state index contributed by atoms with van der Waals surface area (Å²) < 4.78 is 5.61. The summed E-state index contributed by atoms with van der Waals surface area (Å²) in [5, 5.41) is 0. The molecule has 1 aromatic carbocycles. The number of allylic oxidation sites excluding steroid dienone is 1. The molecule has 0 spiro atoms. The zero-order chi connectivity index (χ0) is 10.9. The van der Waals surface area contributed by atoms with Gasteiger partial charge in [0.25, 0.3) is 0 Å². The van der Waals surface area contributed by atoms with Crippen molar-refractivity contribution in [3.63, 3.8) is 0 Å². The quantitative estimate of drug-likeness (QED) is 0.695. The Morgan fingerprint density at radius 2 is 1.93 bits per heavy atom. The summed E-state index contributed by atoms with van der Waals surface area (Å²) in [4.78, 5) is 0. The minimum absolute atomic E-state index is 0.510. The Kier molecular flexibility index (Phi) is 3.30. The molecule has 1 atom stereocenters. The SMILES string of the molecule is CCC[C]1([Hf]([CH3])[CH3])C=Cc2ccccc21. The Balaban J connectivity index is 2.49. The summed E-state index contributed by atoms with van der Waals surface area (Å²) in [6.07, 6.45) is 7.52. The molecular formula is C14H19Hf. The van der Waals surface area contributed by atoms with Crippen LogP contribution in [0.5, 0.6) is 0 Å². The maximum absolute atomic E-state index is 2.55. The minimum atomic E-state index is -1.44. The average molecular weight is 366 g/mol. The van der Waals surface area contributed by atoms with Crippen LogP contribution in [-0.4, -0.2) is 0 Å². The van der Waals surface area contributed by atoms with Crippen molar-refractivity contribution >= 4 is 6.08 Å². The van der Waals surface area contributed by atoms with Gasteiger partial charge in [-0.2, -0.15) is 0 Å². The van der Waals surface area contributed by atoms with Gasteiger partial charge in [-0.3, -0.25) is 0 Å². The van der Waals surface area contributed by atoms with E-state index in [4.69, 9.17) is 0 Å². The molecule has 0 heterocycles. The first-order valence-electron chi connectivity index (χ1n) is 5.80. The van der Waals surface area contributed by atoms with Gasteiger partial charge in [-0.05, 0) is 0 Å². The van der Waals surface area contributed by atoms with Gasteiger partial charge in [-0.1, -0.05) is 0 Å². The molecular weight excluding hydrogens is 347 g/mol. The molecule has 1 aliphatic rings. The van der Waals surface area contributed by atoms with Crippen molar-refractivity contribution in [2.45, 2.75) is 32.3 Å². The molecule has 0 saturated carbocycles. The summed E-state index contributed by atoms with van der Waals surface area (Å²) in [7, 11) is 0. The van der Waals surface area contributed by atoms with Crippen LogP contribution in [0.2, 0.25) is 9.36 Å². The fraction of sp³-hybridized carbons (Fsp3) is 0.429. The third-order valence-electron chi connectivity index (χ3n) is 3.53. The van der Waals surface area contributed by atoms with Crippen molar-refractivity contribution < 1.29 is 21.4 Å². The summed E-state index contributed by atoms with van der Waals surface area (Å²) >= 11 is -1.44. The molecule has 0 aromatic heterocycles. The molecule has 0 fully saturated rings. The Labute approximate surface area is 101 Å². The molecule has 0 amide bonds. The van der Waals surface area contributed by atoms with Crippen LogP contribution >= 0.6 is 0 Å². The zero-order valence-corrected chi connectivity index (χ0v) is 13.5. The predicted octanol–water partition coefficient (Wildman–Crippen LogP) is 4.42. The standard InChI is InChI=1S/C12H13.2CH3.Hf/c1-2-5-10-8-9-11-6-3-4-7-12(10)11;;;/h3-4,6-9H,2,5H2,1H3;2*1H3;. The van der Waals surface area contributed by atoms with Gasteiger partial charge in [0.15, 0.2) is 0 Å². The summed E-state index contributed by atoms with van der Waals surface area (Å²) in [6.45, 7) is 2.31. The van der Waals surface area contributed by atoms with Gasteiger partial charge < -0.3 is 0 Å². The van der Waals surface area contributed by atoms with Crippen LogP contribution in [0.15, 0.2) is 30.3 Å². The molecule has 1 heteroatoms. The Hall–Kier alpha value is -0.170. The fourth-order valence-electron chi connectivity index (χ4n) is 2.67. The molecule has 79 valence electrons. The van der Waals surface area contributed by atoms with Gasteiger partial charge in [-0.15, -0.1) is 0 Å². The first kappa shape index (κ1) is 11.3. The van der Waals surface area contributed by atoms with E-state index in [1.165, 1.54) is 18.4 Å². The molecule has 0 radical (unpaired) electrons. The molecule has 0 N–H and O–H groups in total. The van der Waals surface area contributed by atoms with E-state index in [-0.39, 0.29) is 0 Å². The van der Waals surface area contributed by atoms with Crippen LogP contribution in [0.1, 0.15) is 30.9 Å². The van der Waals surface area contributed by atoms with Crippen molar-refractivity contribution in [1.82, 2.24) is 0 Å². The Morgan fingerprint density at radius 3 is 2.60 bits per heavy atom. The summed E-state index contributed by atoms with van der Waals surface area (Å²) in [5.41, 5.74) is 3.09. The molecule has 0 aliphatic heterocycles. The van der Waals surface area contributed by atoms with E-state index in [0.29, 0.717) is 3.17 Å². The first-order chi connectivity index (χ1) is 7.20. The maximum atomic E-state index is 2.55. The molecule has 1 aliphatic carbocycles. The summed E-state index contributed by atoms with van der Waals surface area (Å²) in [6, 6.07) is 8.97. The molecule has 1 unspecified atom stereocenters. The van der Waals surface area contributed by atoms with Crippen molar-refractivity contribution in [2.24, 2.45) is 0 Å². The fourth-order valence-corrected chi connectivity index (χ4v) is 9.61. The van der Waals surface area contributed by atoms with Gasteiger partial charge in [0.2, 0.25) is 0 Å². The van der Waals surface area contributed by atoms with Crippen LogP contribution in [0.3, 0.4) is 0 Å². The van der Waals surface area contributed by atoms with E-state index in [1.54, 1.807) is 5.56 Å². The zero-order valence-electron chi connectivity index (χ0n) is 9.88. The van der Waals surface area contributed by atoms with E-state index in [1.807, 2.05) is 0 Å². The monoisotopic (exact) mass is 367 g/mol.